The van der Waals surface area contributed by atoms with Gasteiger partial charge in [-0.05, 0) is 31.2 Å². The van der Waals surface area contributed by atoms with Crippen LogP contribution in [0.1, 0.15) is 11.8 Å². The summed E-state index contributed by atoms with van der Waals surface area (Å²) in [5, 5.41) is 10.8. The van der Waals surface area contributed by atoms with Crippen molar-refractivity contribution >= 4 is 49.9 Å². The van der Waals surface area contributed by atoms with E-state index in [9.17, 15) is 14.9 Å². The maximum absolute atomic E-state index is 12.4. The third kappa shape index (κ3) is 4.97. The van der Waals surface area contributed by atoms with Crippen LogP contribution in [0.3, 0.4) is 0 Å². The number of carbonyl (C=O) groups excluding carboxylic acids is 1. The molecule has 0 spiro atoms. The molecule has 2 heterocycles. The summed E-state index contributed by atoms with van der Waals surface area (Å²) in [5.74, 6) is 0.252. The summed E-state index contributed by atoms with van der Waals surface area (Å²) in [6, 6.07) is 8.70. The highest BCUT2D eigenvalue weighted by Crippen LogP contribution is 2.27. The van der Waals surface area contributed by atoms with Crippen molar-refractivity contribution in [1.82, 2.24) is 4.57 Å². The maximum Gasteiger partial charge on any atom is 0.324 e. The number of nitro groups is 1. The number of ether oxygens (including phenoxy) is 2. The topological polar surface area (TPSA) is 96.0 Å². The Balaban J connectivity index is 1.94. The van der Waals surface area contributed by atoms with Gasteiger partial charge in [-0.2, -0.15) is 4.99 Å². The molecule has 0 aliphatic rings. The number of aromatic nitrogens is 1. The van der Waals surface area contributed by atoms with Crippen LogP contribution in [0.5, 0.6) is 5.75 Å². The monoisotopic (exact) mass is 433 g/mol. The van der Waals surface area contributed by atoms with Crippen molar-refractivity contribution in [2.45, 2.75) is 13.5 Å². The van der Waals surface area contributed by atoms with Crippen molar-refractivity contribution in [2.75, 3.05) is 20.3 Å². The van der Waals surface area contributed by atoms with Gasteiger partial charge in [-0.3, -0.25) is 14.9 Å². The van der Waals surface area contributed by atoms with Gasteiger partial charge in [0.15, 0.2) is 4.80 Å². The van der Waals surface area contributed by atoms with Crippen molar-refractivity contribution < 1.29 is 19.2 Å². The van der Waals surface area contributed by atoms with Crippen LogP contribution in [0.4, 0.5) is 5.00 Å². The zero-order chi connectivity index (χ0) is 20.8. The van der Waals surface area contributed by atoms with E-state index in [0.29, 0.717) is 35.2 Å². The largest absolute Gasteiger partial charge is 0.495 e. The number of methoxy groups -OCH3 is 1. The van der Waals surface area contributed by atoms with Gasteiger partial charge < -0.3 is 14.0 Å². The minimum absolute atomic E-state index is 0.0272. The number of benzene rings is 1. The number of hydrogen-bond donors (Lipinski definition) is 0. The molecule has 1 aromatic carbocycles. The fraction of sp³-hybridized carbons (Fsp3) is 0.263. The van der Waals surface area contributed by atoms with Crippen LogP contribution in [-0.2, 0) is 16.1 Å². The number of rotatable bonds is 8. The average Bonchev–Trinajstić information content (AvgIpc) is 3.31. The number of thiazole rings is 1. The van der Waals surface area contributed by atoms with Crippen molar-refractivity contribution in [3.8, 4) is 5.75 Å². The lowest BCUT2D eigenvalue weighted by Gasteiger charge is -2.08. The molecule has 0 saturated carbocycles. The molecule has 8 nitrogen and oxygen atoms in total. The molecule has 3 aromatic rings. The number of thiophene rings is 1. The lowest BCUT2D eigenvalue weighted by Crippen LogP contribution is -2.19. The Labute approximate surface area is 174 Å². The first-order valence-electron chi connectivity index (χ1n) is 8.78. The summed E-state index contributed by atoms with van der Waals surface area (Å²) in [7, 11) is 1.60. The van der Waals surface area contributed by atoms with Gasteiger partial charge in [-0.1, -0.05) is 28.7 Å². The minimum Gasteiger partial charge on any atom is -0.495 e. The second-order valence-electron chi connectivity index (χ2n) is 5.76. The zero-order valence-corrected chi connectivity index (χ0v) is 17.5. The van der Waals surface area contributed by atoms with Crippen molar-refractivity contribution in [2.24, 2.45) is 4.99 Å². The number of fused-ring (bicyclic) bond motifs is 1. The fourth-order valence-electron chi connectivity index (χ4n) is 2.67. The third-order valence-corrected chi connectivity index (χ3v) is 5.98. The second kappa shape index (κ2) is 9.59. The summed E-state index contributed by atoms with van der Waals surface area (Å²) in [6.07, 6.45) is 2.84. The maximum atomic E-state index is 12.4. The molecule has 0 N–H and O–H groups in total. The highest BCUT2D eigenvalue weighted by atomic mass is 32.1. The van der Waals surface area contributed by atoms with Gasteiger partial charge in [0.25, 0.3) is 5.91 Å². The van der Waals surface area contributed by atoms with E-state index in [-0.39, 0.29) is 5.00 Å². The Morgan fingerprint density at radius 1 is 1.31 bits per heavy atom. The Kier molecular flexibility index (Phi) is 6.91. The summed E-state index contributed by atoms with van der Waals surface area (Å²) < 4.78 is 13.8. The van der Waals surface area contributed by atoms with Crippen LogP contribution in [0.2, 0.25) is 0 Å². The van der Waals surface area contributed by atoms with E-state index in [0.717, 1.165) is 21.6 Å². The summed E-state index contributed by atoms with van der Waals surface area (Å²) >= 11 is 2.39. The first kappa shape index (κ1) is 20.9. The van der Waals surface area contributed by atoms with E-state index < -0.39 is 10.8 Å². The molecule has 1 amide bonds. The summed E-state index contributed by atoms with van der Waals surface area (Å²) in [6.45, 7) is 3.53. The lowest BCUT2D eigenvalue weighted by molar-refractivity contribution is -0.380. The van der Waals surface area contributed by atoms with Gasteiger partial charge in [0.2, 0.25) is 0 Å². The van der Waals surface area contributed by atoms with E-state index >= 15 is 0 Å². The smallest absolute Gasteiger partial charge is 0.324 e. The minimum atomic E-state index is -0.458. The predicted molar refractivity (Wildman–Crippen MR) is 113 cm³/mol. The van der Waals surface area contributed by atoms with Gasteiger partial charge in [-0.15, -0.1) is 0 Å². The SMILES string of the molecule is CCOCCn1c(=NC(=O)C=Cc2ccc([N+](=O)[O-])s2)sc2cccc(OC)c21. The number of hydrogen-bond acceptors (Lipinski definition) is 7. The summed E-state index contributed by atoms with van der Waals surface area (Å²) in [4.78, 5) is 28.1. The molecule has 0 fully saturated rings. The van der Waals surface area contributed by atoms with Crippen LogP contribution in [0.25, 0.3) is 16.3 Å². The number of carbonyl (C=O) groups is 1. The molecule has 0 atom stereocenters. The Morgan fingerprint density at radius 2 is 2.14 bits per heavy atom. The van der Waals surface area contributed by atoms with Gasteiger partial charge in [0.05, 0.1) is 23.3 Å². The van der Waals surface area contributed by atoms with Crippen molar-refractivity contribution in [1.29, 1.82) is 0 Å². The first-order chi connectivity index (χ1) is 14.0. The molecule has 0 radical (unpaired) electrons. The van der Waals surface area contributed by atoms with E-state index in [1.165, 1.54) is 29.6 Å². The second-order valence-corrected chi connectivity index (χ2v) is 7.86. The highest BCUT2D eigenvalue weighted by Gasteiger charge is 2.12. The Morgan fingerprint density at radius 3 is 2.83 bits per heavy atom. The highest BCUT2D eigenvalue weighted by molar-refractivity contribution is 7.16. The Hall–Kier alpha value is -2.82. The van der Waals surface area contributed by atoms with Crippen molar-refractivity contribution in [3.63, 3.8) is 0 Å². The molecule has 2 aromatic heterocycles. The van der Waals surface area contributed by atoms with Crippen molar-refractivity contribution in [3.05, 3.63) is 56.2 Å². The number of para-hydroxylation sites is 1. The molecule has 29 heavy (non-hydrogen) atoms. The zero-order valence-electron chi connectivity index (χ0n) is 15.9. The lowest BCUT2D eigenvalue weighted by atomic mass is 10.3. The molecule has 3 rings (SSSR count). The standard InChI is InChI=1S/C19H19N3O5S2/c1-3-27-12-11-21-18-14(26-2)5-4-6-15(18)29-19(21)20-16(23)9-7-13-8-10-17(28-13)22(24)25/h4-10H,3,11-12H2,1-2H3. The molecular weight excluding hydrogens is 414 g/mol. The van der Waals surface area contributed by atoms with Crippen LogP contribution in [0, 0.1) is 10.1 Å². The Bertz CT molecular complexity index is 1130. The van der Waals surface area contributed by atoms with Gasteiger partial charge in [0.1, 0.15) is 11.3 Å². The van der Waals surface area contributed by atoms with Crippen LogP contribution >= 0.6 is 22.7 Å². The molecular formula is C19H19N3O5S2. The summed E-state index contributed by atoms with van der Waals surface area (Å²) in [5.41, 5.74) is 0.865. The van der Waals surface area contributed by atoms with Gasteiger partial charge in [-0.25, -0.2) is 0 Å². The molecule has 0 aliphatic heterocycles. The number of amides is 1. The molecule has 10 heteroatoms. The fourth-order valence-corrected chi connectivity index (χ4v) is 4.47. The van der Waals surface area contributed by atoms with Crippen LogP contribution < -0.4 is 9.54 Å². The molecule has 152 valence electrons. The van der Waals surface area contributed by atoms with Crippen LogP contribution in [-0.4, -0.2) is 35.7 Å². The van der Waals surface area contributed by atoms with E-state index in [1.807, 2.05) is 29.7 Å². The normalized spacial score (nSPS) is 12.1. The number of nitrogens with zero attached hydrogens (tertiary/aromatic N) is 3. The van der Waals surface area contributed by atoms with Gasteiger partial charge >= 0.3 is 5.00 Å². The average molecular weight is 434 g/mol. The molecule has 0 saturated heterocycles. The first-order valence-corrected chi connectivity index (χ1v) is 10.4. The molecule has 0 bridgehead atoms. The van der Waals surface area contributed by atoms with Gasteiger partial charge in [0, 0.05) is 30.2 Å². The van der Waals surface area contributed by atoms with E-state index in [4.69, 9.17) is 9.47 Å². The molecule has 0 aliphatic carbocycles. The predicted octanol–water partition coefficient (Wildman–Crippen LogP) is 3.86. The van der Waals surface area contributed by atoms with E-state index in [2.05, 4.69) is 4.99 Å². The third-order valence-electron chi connectivity index (χ3n) is 3.94. The molecule has 0 unspecified atom stereocenters. The van der Waals surface area contributed by atoms with Crippen LogP contribution in [0.15, 0.2) is 41.4 Å². The van der Waals surface area contributed by atoms with E-state index in [1.54, 1.807) is 13.2 Å². The quantitative estimate of drug-likeness (QED) is 0.233.